The average Bonchev–Trinajstić information content (AvgIpc) is 2.69. The predicted octanol–water partition coefficient (Wildman–Crippen LogP) is 3.29. The Morgan fingerprint density at radius 1 is 1.15 bits per heavy atom. The fourth-order valence-electron chi connectivity index (χ4n) is 3.59. The van der Waals surface area contributed by atoms with Gasteiger partial charge in [0.2, 0.25) is 5.91 Å². The Kier molecular flexibility index (Phi) is 4.83. The third kappa shape index (κ3) is 2.99. The van der Waals surface area contributed by atoms with Crippen LogP contribution in [0, 0.1) is 5.92 Å². The second kappa shape index (κ2) is 6.92. The fraction of sp³-hybridized carbons (Fsp3) is 0.333. The van der Waals surface area contributed by atoms with Crippen molar-refractivity contribution in [3.63, 3.8) is 0 Å². The van der Waals surface area contributed by atoms with Crippen molar-refractivity contribution in [2.75, 3.05) is 10.6 Å². The fourth-order valence-corrected chi connectivity index (χ4v) is 3.59. The lowest BCUT2D eigenvalue weighted by molar-refractivity contribution is -0.128. The van der Waals surface area contributed by atoms with E-state index in [2.05, 4.69) is 0 Å². The van der Waals surface area contributed by atoms with Crippen LogP contribution in [-0.4, -0.2) is 17.9 Å². The highest BCUT2D eigenvalue weighted by molar-refractivity contribution is 6.22. The molecule has 0 spiro atoms. The van der Waals surface area contributed by atoms with Gasteiger partial charge in [-0.3, -0.25) is 9.59 Å². The largest absolute Gasteiger partial charge is 0.398 e. The molecule has 1 heterocycles. The number of nitrogens with two attached hydrogens (primary N) is 2. The highest BCUT2D eigenvalue weighted by atomic mass is 16.2. The Morgan fingerprint density at radius 3 is 2.54 bits per heavy atom. The first kappa shape index (κ1) is 18.1. The van der Waals surface area contributed by atoms with Crippen molar-refractivity contribution >= 4 is 23.2 Å². The molecular weight excluding hydrogens is 326 g/mol. The molecule has 136 valence electrons. The second-order valence-electron chi connectivity index (χ2n) is 7.30. The summed E-state index contributed by atoms with van der Waals surface area (Å²) in [5.74, 6) is -0.861. The van der Waals surface area contributed by atoms with E-state index in [0.717, 1.165) is 11.1 Å². The van der Waals surface area contributed by atoms with Crippen molar-refractivity contribution in [2.24, 2.45) is 11.7 Å². The van der Waals surface area contributed by atoms with Crippen LogP contribution >= 0.6 is 0 Å². The van der Waals surface area contributed by atoms with Gasteiger partial charge in [0, 0.05) is 11.3 Å². The number of rotatable bonds is 3. The van der Waals surface area contributed by atoms with Crippen molar-refractivity contribution in [1.29, 1.82) is 0 Å². The molecule has 5 heteroatoms. The van der Waals surface area contributed by atoms with Gasteiger partial charge in [-0.1, -0.05) is 44.2 Å². The van der Waals surface area contributed by atoms with Gasteiger partial charge in [-0.05, 0) is 42.5 Å². The number of benzene rings is 2. The van der Waals surface area contributed by atoms with Gasteiger partial charge in [-0.25, -0.2) is 4.90 Å². The van der Waals surface area contributed by atoms with Crippen molar-refractivity contribution in [1.82, 2.24) is 0 Å². The van der Waals surface area contributed by atoms with Gasteiger partial charge in [0.25, 0.3) is 5.91 Å². The van der Waals surface area contributed by atoms with Crippen LogP contribution in [0.5, 0.6) is 0 Å². The molecule has 5 nitrogen and oxygen atoms in total. The Bertz CT molecular complexity index is 860. The van der Waals surface area contributed by atoms with Gasteiger partial charge in [0.15, 0.2) is 0 Å². The highest BCUT2D eigenvalue weighted by Gasteiger charge is 2.37. The van der Waals surface area contributed by atoms with E-state index >= 15 is 0 Å². The monoisotopic (exact) mass is 351 g/mol. The van der Waals surface area contributed by atoms with Gasteiger partial charge >= 0.3 is 0 Å². The smallest absolute Gasteiger partial charge is 0.250 e. The van der Waals surface area contributed by atoms with Crippen LogP contribution in [0.1, 0.15) is 38.7 Å². The van der Waals surface area contributed by atoms with E-state index in [1.54, 1.807) is 18.2 Å². The summed E-state index contributed by atoms with van der Waals surface area (Å²) in [4.78, 5) is 27.6. The van der Waals surface area contributed by atoms with E-state index in [0.29, 0.717) is 23.4 Å². The van der Waals surface area contributed by atoms with Gasteiger partial charge in [0.1, 0.15) is 0 Å². The van der Waals surface area contributed by atoms with E-state index < -0.39 is 12.0 Å². The van der Waals surface area contributed by atoms with Crippen molar-refractivity contribution in [2.45, 2.75) is 39.2 Å². The van der Waals surface area contributed by atoms with Crippen molar-refractivity contribution in [3.05, 3.63) is 48.0 Å². The maximum atomic E-state index is 13.2. The Morgan fingerprint density at radius 2 is 1.85 bits per heavy atom. The molecule has 0 radical (unpaired) electrons. The summed E-state index contributed by atoms with van der Waals surface area (Å²) < 4.78 is 0. The minimum atomic E-state index is -0.735. The van der Waals surface area contributed by atoms with Crippen LogP contribution in [-0.2, 0) is 9.59 Å². The molecule has 3 rings (SSSR count). The third-order valence-electron chi connectivity index (χ3n) is 4.87. The zero-order valence-electron chi connectivity index (χ0n) is 15.4. The molecule has 26 heavy (non-hydrogen) atoms. The molecule has 1 aliphatic heterocycles. The molecule has 0 bridgehead atoms. The van der Waals surface area contributed by atoms with E-state index in [9.17, 15) is 9.59 Å². The maximum absolute atomic E-state index is 13.2. The number of carbonyl (C=O) groups is 2. The molecule has 0 aliphatic carbocycles. The molecule has 0 aromatic heterocycles. The SMILES string of the molecule is CC(C)C[C@H](N)C(=O)N1C(=O)C(C)c2ccccc2-c2c(N)cccc21. The number of hydrogen-bond acceptors (Lipinski definition) is 4. The molecule has 4 N–H and O–H groups in total. The Balaban J connectivity index is 2.21. The number of carbonyl (C=O) groups excluding carboxylic acids is 2. The molecular formula is C21H25N3O2. The summed E-state index contributed by atoms with van der Waals surface area (Å²) in [6.45, 7) is 5.82. The number of nitrogens with zero attached hydrogens (tertiary/aromatic N) is 1. The lowest BCUT2D eigenvalue weighted by atomic mass is 9.92. The minimum absolute atomic E-state index is 0.256. The number of imide groups is 1. The molecule has 1 aliphatic rings. The summed E-state index contributed by atoms with van der Waals surface area (Å²) in [5, 5.41) is 0. The molecule has 0 saturated carbocycles. The van der Waals surface area contributed by atoms with Crippen LogP contribution in [0.25, 0.3) is 11.1 Å². The first-order valence-corrected chi connectivity index (χ1v) is 8.94. The lowest BCUT2D eigenvalue weighted by Gasteiger charge is -2.26. The molecule has 0 saturated heterocycles. The summed E-state index contributed by atoms with van der Waals surface area (Å²) in [6.07, 6.45) is 0.515. The zero-order chi connectivity index (χ0) is 19.0. The Hall–Kier alpha value is -2.66. The number of fused-ring (bicyclic) bond motifs is 3. The predicted molar refractivity (Wildman–Crippen MR) is 105 cm³/mol. The van der Waals surface area contributed by atoms with Crippen molar-refractivity contribution < 1.29 is 9.59 Å². The zero-order valence-corrected chi connectivity index (χ0v) is 15.4. The van der Waals surface area contributed by atoms with E-state index in [4.69, 9.17) is 11.5 Å². The number of nitrogen functional groups attached to an aromatic ring is 1. The number of amides is 2. The molecule has 1 unspecified atom stereocenters. The van der Waals surface area contributed by atoms with E-state index in [1.807, 2.05) is 45.0 Å². The molecule has 2 aromatic carbocycles. The highest BCUT2D eigenvalue weighted by Crippen LogP contribution is 2.44. The summed E-state index contributed by atoms with van der Waals surface area (Å²) in [7, 11) is 0. The minimum Gasteiger partial charge on any atom is -0.398 e. The number of anilines is 2. The second-order valence-corrected chi connectivity index (χ2v) is 7.30. The standard InChI is InChI=1S/C21H25N3O2/c1-12(2)11-17(23)21(26)24-18-10-6-9-16(22)19(18)15-8-5-4-7-14(15)13(3)20(24)25/h4-10,12-13,17H,11,22-23H2,1-3H3/t13?,17-/m0/s1. The van der Waals surface area contributed by atoms with Gasteiger partial charge < -0.3 is 11.5 Å². The van der Waals surface area contributed by atoms with Gasteiger partial charge in [-0.2, -0.15) is 0 Å². The Labute approximate surface area is 154 Å². The normalized spacial score (nSPS) is 17.5. The third-order valence-corrected chi connectivity index (χ3v) is 4.87. The van der Waals surface area contributed by atoms with Crippen molar-refractivity contribution in [3.8, 4) is 11.1 Å². The van der Waals surface area contributed by atoms with Crippen LogP contribution < -0.4 is 16.4 Å². The first-order valence-electron chi connectivity index (χ1n) is 8.94. The van der Waals surface area contributed by atoms with E-state index in [-0.39, 0.29) is 17.7 Å². The molecule has 2 atom stereocenters. The summed E-state index contributed by atoms with van der Waals surface area (Å²) in [5.41, 5.74) is 15.9. The lowest BCUT2D eigenvalue weighted by Crippen LogP contribution is -2.48. The van der Waals surface area contributed by atoms with Crippen LogP contribution in [0.4, 0.5) is 11.4 Å². The molecule has 2 amide bonds. The quantitative estimate of drug-likeness (QED) is 0.831. The maximum Gasteiger partial charge on any atom is 0.250 e. The van der Waals surface area contributed by atoms with Crippen LogP contribution in [0.2, 0.25) is 0 Å². The average molecular weight is 351 g/mol. The van der Waals surface area contributed by atoms with Crippen LogP contribution in [0.15, 0.2) is 42.5 Å². The molecule has 2 aromatic rings. The summed E-state index contributed by atoms with van der Waals surface area (Å²) >= 11 is 0. The van der Waals surface area contributed by atoms with Crippen LogP contribution in [0.3, 0.4) is 0 Å². The van der Waals surface area contributed by atoms with Gasteiger partial charge in [-0.15, -0.1) is 0 Å². The first-order chi connectivity index (χ1) is 12.3. The topological polar surface area (TPSA) is 89.4 Å². The molecule has 0 fully saturated rings. The number of hydrogen-bond donors (Lipinski definition) is 2. The van der Waals surface area contributed by atoms with Gasteiger partial charge in [0.05, 0.1) is 17.6 Å². The van der Waals surface area contributed by atoms with E-state index in [1.165, 1.54) is 4.90 Å². The summed E-state index contributed by atoms with van der Waals surface area (Å²) in [6, 6.07) is 12.2.